The summed E-state index contributed by atoms with van der Waals surface area (Å²) in [5.41, 5.74) is 1.62. The van der Waals surface area contributed by atoms with Crippen LogP contribution in [-0.2, 0) is 6.54 Å². The number of rotatable bonds is 5. The number of amides is 3. The van der Waals surface area contributed by atoms with E-state index in [2.05, 4.69) is 31.1 Å². The Morgan fingerprint density at radius 2 is 1.94 bits per heavy atom. The Hall–Kier alpha value is -2.12. The van der Waals surface area contributed by atoms with Gasteiger partial charge in [-0.25, -0.2) is 9.78 Å². The highest BCUT2D eigenvalue weighted by molar-refractivity contribution is 7.09. The van der Waals surface area contributed by atoms with Crippen LogP contribution in [0.5, 0.6) is 0 Å². The molecule has 4 rings (SSSR count). The summed E-state index contributed by atoms with van der Waals surface area (Å²) in [7, 11) is 0. The number of fused-ring (bicyclic) bond motifs is 2. The molecule has 2 aromatic rings. The Labute approximate surface area is 205 Å². The number of likely N-dealkylation sites (tertiary alicyclic amines) is 1. The molecule has 178 valence electrons. The molecule has 3 amide bonds. The van der Waals surface area contributed by atoms with Crippen LogP contribution in [0.25, 0.3) is 0 Å². The molecule has 2 fully saturated rings. The molecule has 33 heavy (non-hydrogen) atoms. The SMILES string of the molecule is CC(C)N(Cc1nc(C(=O)N2CC3(C)CC2CC(C)(C)C3)cs1)C(=O)Nc1ccc(Cl)cc1. The molecule has 0 radical (unpaired) electrons. The summed E-state index contributed by atoms with van der Waals surface area (Å²) in [5.74, 6) is 0.0191. The summed E-state index contributed by atoms with van der Waals surface area (Å²) < 4.78 is 0. The number of urea groups is 1. The molecule has 2 aliphatic rings. The van der Waals surface area contributed by atoms with Crippen molar-refractivity contribution in [1.82, 2.24) is 14.8 Å². The Morgan fingerprint density at radius 3 is 2.61 bits per heavy atom. The Kier molecular flexibility index (Phi) is 6.49. The smallest absolute Gasteiger partial charge is 0.322 e. The minimum atomic E-state index is -0.209. The van der Waals surface area contributed by atoms with Gasteiger partial charge in [-0.15, -0.1) is 11.3 Å². The number of benzene rings is 1. The van der Waals surface area contributed by atoms with Crippen LogP contribution >= 0.6 is 22.9 Å². The third kappa shape index (κ3) is 5.35. The molecule has 1 saturated carbocycles. The van der Waals surface area contributed by atoms with E-state index in [4.69, 9.17) is 11.6 Å². The summed E-state index contributed by atoms with van der Waals surface area (Å²) in [4.78, 5) is 34.6. The number of halogens is 1. The van der Waals surface area contributed by atoms with Crippen molar-refractivity contribution in [1.29, 1.82) is 0 Å². The molecular weight excluding hydrogens is 456 g/mol. The molecular formula is C25H33ClN4O2S. The lowest BCUT2D eigenvalue weighted by atomic mass is 9.65. The Bertz CT molecular complexity index is 1040. The summed E-state index contributed by atoms with van der Waals surface area (Å²) >= 11 is 7.37. The molecule has 1 saturated heterocycles. The highest BCUT2D eigenvalue weighted by atomic mass is 35.5. The van der Waals surface area contributed by atoms with Gasteiger partial charge in [0.15, 0.2) is 0 Å². The second kappa shape index (κ2) is 8.91. The van der Waals surface area contributed by atoms with Gasteiger partial charge in [0.25, 0.3) is 5.91 Å². The maximum Gasteiger partial charge on any atom is 0.322 e. The molecule has 8 heteroatoms. The molecule has 1 aliphatic carbocycles. The van der Waals surface area contributed by atoms with Gasteiger partial charge in [-0.05, 0) is 68.2 Å². The first-order chi connectivity index (χ1) is 15.4. The third-order valence-corrected chi connectivity index (χ3v) is 7.82. The first kappa shape index (κ1) is 24.0. The van der Waals surface area contributed by atoms with E-state index in [1.54, 1.807) is 29.2 Å². The maximum absolute atomic E-state index is 13.3. The van der Waals surface area contributed by atoms with Crippen molar-refractivity contribution in [2.75, 3.05) is 11.9 Å². The molecule has 2 atom stereocenters. The van der Waals surface area contributed by atoms with Crippen LogP contribution in [-0.4, -0.2) is 45.4 Å². The quantitative estimate of drug-likeness (QED) is 0.538. The van der Waals surface area contributed by atoms with Crippen LogP contribution < -0.4 is 5.32 Å². The maximum atomic E-state index is 13.3. The summed E-state index contributed by atoms with van der Waals surface area (Å²) in [6, 6.07) is 7.07. The van der Waals surface area contributed by atoms with Gasteiger partial charge in [0.2, 0.25) is 0 Å². The fraction of sp³-hybridized carbons (Fsp3) is 0.560. The molecule has 6 nitrogen and oxygen atoms in total. The summed E-state index contributed by atoms with van der Waals surface area (Å²) in [6.45, 7) is 12.0. The van der Waals surface area contributed by atoms with Crippen molar-refractivity contribution in [2.24, 2.45) is 10.8 Å². The van der Waals surface area contributed by atoms with E-state index in [1.165, 1.54) is 11.3 Å². The molecule has 1 aromatic heterocycles. The number of nitrogens with zero attached hydrogens (tertiary/aromatic N) is 3. The minimum absolute atomic E-state index is 0.0191. The van der Waals surface area contributed by atoms with Crippen LogP contribution in [0.15, 0.2) is 29.6 Å². The number of nitrogens with one attached hydrogen (secondary N) is 1. The van der Waals surface area contributed by atoms with Gasteiger partial charge in [-0.1, -0.05) is 32.4 Å². The highest BCUT2D eigenvalue weighted by Crippen LogP contribution is 2.52. The molecule has 0 spiro atoms. The van der Waals surface area contributed by atoms with Gasteiger partial charge in [-0.3, -0.25) is 4.79 Å². The van der Waals surface area contributed by atoms with E-state index in [0.717, 1.165) is 30.8 Å². The Balaban J connectivity index is 1.44. The number of aromatic nitrogens is 1. The highest BCUT2D eigenvalue weighted by Gasteiger charge is 2.51. The van der Waals surface area contributed by atoms with Crippen LogP contribution in [0.3, 0.4) is 0 Å². The zero-order valence-electron chi connectivity index (χ0n) is 20.0. The zero-order valence-corrected chi connectivity index (χ0v) is 21.6. The number of hydrogen-bond donors (Lipinski definition) is 1. The van der Waals surface area contributed by atoms with Crippen LogP contribution in [0.1, 0.15) is 69.4 Å². The van der Waals surface area contributed by atoms with E-state index in [9.17, 15) is 9.59 Å². The van der Waals surface area contributed by atoms with Gasteiger partial charge < -0.3 is 15.1 Å². The van der Waals surface area contributed by atoms with Crippen molar-refractivity contribution in [2.45, 2.75) is 72.5 Å². The molecule has 2 bridgehead atoms. The second-order valence-corrected chi connectivity index (χ2v) is 12.3. The van der Waals surface area contributed by atoms with E-state index in [-0.39, 0.29) is 34.9 Å². The third-order valence-electron chi connectivity index (χ3n) is 6.73. The molecule has 1 aromatic carbocycles. The van der Waals surface area contributed by atoms with Crippen molar-refractivity contribution in [3.63, 3.8) is 0 Å². The van der Waals surface area contributed by atoms with Crippen molar-refractivity contribution in [3.8, 4) is 0 Å². The number of carbonyl (C=O) groups is 2. The summed E-state index contributed by atoms with van der Waals surface area (Å²) in [6.07, 6.45) is 3.26. The average molecular weight is 489 g/mol. The first-order valence-electron chi connectivity index (χ1n) is 11.5. The largest absolute Gasteiger partial charge is 0.334 e. The van der Waals surface area contributed by atoms with Gasteiger partial charge >= 0.3 is 6.03 Å². The molecule has 1 aliphatic heterocycles. The van der Waals surface area contributed by atoms with Crippen molar-refractivity contribution >= 4 is 40.6 Å². The number of hydrogen-bond acceptors (Lipinski definition) is 4. The van der Waals surface area contributed by atoms with Gasteiger partial charge in [0, 0.05) is 34.7 Å². The molecule has 2 heterocycles. The monoisotopic (exact) mass is 488 g/mol. The fourth-order valence-electron chi connectivity index (χ4n) is 5.69. The lowest BCUT2D eigenvalue weighted by Gasteiger charge is -2.39. The van der Waals surface area contributed by atoms with Crippen LogP contribution in [0.2, 0.25) is 5.02 Å². The second-order valence-electron chi connectivity index (χ2n) is 10.9. The lowest BCUT2D eigenvalue weighted by Crippen LogP contribution is -2.39. The normalized spacial score (nSPS) is 23.6. The van der Waals surface area contributed by atoms with Gasteiger partial charge in [-0.2, -0.15) is 0 Å². The number of carbonyl (C=O) groups excluding carboxylic acids is 2. The van der Waals surface area contributed by atoms with Gasteiger partial charge in [0.05, 0.1) is 6.54 Å². The van der Waals surface area contributed by atoms with Crippen LogP contribution in [0.4, 0.5) is 10.5 Å². The number of thiazole rings is 1. The predicted octanol–water partition coefficient (Wildman–Crippen LogP) is 6.28. The zero-order chi connectivity index (χ0) is 24.0. The molecule has 1 N–H and O–H groups in total. The van der Waals surface area contributed by atoms with Crippen molar-refractivity contribution in [3.05, 3.63) is 45.4 Å². The van der Waals surface area contributed by atoms with E-state index in [1.807, 2.05) is 24.1 Å². The van der Waals surface area contributed by atoms with E-state index in [0.29, 0.717) is 22.9 Å². The fourth-order valence-corrected chi connectivity index (χ4v) is 6.58. The number of anilines is 1. The predicted molar refractivity (Wildman–Crippen MR) is 134 cm³/mol. The molecule has 2 unspecified atom stereocenters. The average Bonchev–Trinajstić information content (AvgIpc) is 3.28. The first-order valence-corrected chi connectivity index (χ1v) is 12.8. The minimum Gasteiger partial charge on any atom is -0.334 e. The van der Waals surface area contributed by atoms with Gasteiger partial charge in [0.1, 0.15) is 10.7 Å². The lowest BCUT2D eigenvalue weighted by molar-refractivity contribution is 0.0703. The summed E-state index contributed by atoms with van der Waals surface area (Å²) in [5, 5.41) is 6.12. The van der Waals surface area contributed by atoms with Crippen molar-refractivity contribution < 1.29 is 9.59 Å². The Morgan fingerprint density at radius 1 is 1.24 bits per heavy atom. The topological polar surface area (TPSA) is 65.5 Å². The van der Waals surface area contributed by atoms with E-state index < -0.39 is 0 Å². The van der Waals surface area contributed by atoms with Crippen LogP contribution in [0, 0.1) is 10.8 Å². The van der Waals surface area contributed by atoms with E-state index >= 15 is 0 Å². The standard InChI is InChI=1S/C25H33ClN4O2S/c1-16(2)29(23(32)27-18-8-6-17(26)7-9-18)12-21-28-20(13-33-21)22(31)30-15-25(5)11-19(30)10-24(3,4)14-25/h6-9,13,16,19H,10-12,14-15H2,1-5H3,(H,27,32).